The molecule has 242 valence electrons. The lowest BCUT2D eigenvalue weighted by atomic mass is 10.0. The number of amides is 6. The van der Waals surface area contributed by atoms with E-state index in [9.17, 15) is 38.7 Å². The second-order valence-corrected chi connectivity index (χ2v) is 9.75. The van der Waals surface area contributed by atoms with Crippen molar-refractivity contribution in [1.82, 2.24) is 31.5 Å². The molecule has 9 N–H and O–H groups in total. The molecule has 0 aliphatic rings. The molecular weight excluding hydrogens is 580 g/mol. The highest BCUT2D eigenvalue weighted by Crippen LogP contribution is 2.13. The number of carboxylic acid groups (broad SMARTS) is 2. The van der Waals surface area contributed by atoms with E-state index in [0.29, 0.717) is 5.56 Å². The molecule has 17 heteroatoms. The van der Waals surface area contributed by atoms with Gasteiger partial charge in [0, 0.05) is 34.0 Å². The van der Waals surface area contributed by atoms with Gasteiger partial charge >= 0.3 is 18.0 Å². The molecule has 4 unspecified atom stereocenters. The Morgan fingerprint density at radius 1 is 0.955 bits per heavy atom. The third-order valence-corrected chi connectivity index (χ3v) is 6.21. The minimum Gasteiger partial charge on any atom is -0.481 e. The lowest BCUT2D eigenvalue weighted by molar-refractivity contribution is -0.148. The van der Waals surface area contributed by atoms with E-state index in [-0.39, 0.29) is 31.8 Å². The number of carbonyl (C=O) groups excluding carboxylic acids is 5. The predicted molar refractivity (Wildman–Crippen MR) is 157 cm³/mol. The summed E-state index contributed by atoms with van der Waals surface area (Å²) in [7, 11) is 2.68. The van der Waals surface area contributed by atoms with Crippen molar-refractivity contribution >= 4 is 47.6 Å². The van der Waals surface area contributed by atoms with E-state index >= 15 is 0 Å². The third-order valence-electron chi connectivity index (χ3n) is 6.21. The lowest BCUT2D eigenvalue weighted by Gasteiger charge is -2.32. The standard InChI is InChI=1S/C27H40N8O9/c1-15(31-16(2)36)22(39)32-18(11-8-12-30-26(28)34-27(44)29-3)24(41)35(4)20(13-17-9-6-5-7-10-17)23(40)33-19(25(42)43)14-21(37)38/h5-7,9-10,15,18-20H,8,11-14H2,1-4H3,(H,31,36)(H,32,39)(H,33,40)(H,37,38)(H,42,43)(H4,28,29,30,34,44). The van der Waals surface area contributed by atoms with Crippen molar-refractivity contribution in [3.8, 4) is 0 Å². The van der Waals surface area contributed by atoms with Crippen LogP contribution in [-0.4, -0.2) is 107 Å². The molecule has 17 nitrogen and oxygen atoms in total. The molecule has 0 fully saturated rings. The Morgan fingerprint density at radius 2 is 1.57 bits per heavy atom. The van der Waals surface area contributed by atoms with Crippen molar-refractivity contribution in [2.75, 3.05) is 20.6 Å². The summed E-state index contributed by atoms with van der Waals surface area (Å²) in [4.78, 5) is 90.6. The number of hydrogen-bond acceptors (Lipinski definition) is 8. The zero-order valence-corrected chi connectivity index (χ0v) is 25.0. The summed E-state index contributed by atoms with van der Waals surface area (Å²) in [5.74, 6) is -6.02. The van der Waals surface area contributed by atoms with Gasteiger partial charge in [-0.1, -0.05) is 30.3 Å². The number of nitrogens with one attached hydrogen (secondary N) is 5. The molecular formula is C27H40N8O9. The molecule has 1 aromatic rings. The second kappa shape index (κ2) is 18.3. The number of hydrogen-bond donors (Lipinski definition) is 8. The molecule has 0 saturated heterocycles. The van der Waals surface area contributed by atoms with Gasteiger partial charge in [0.1, 0.15) is 24.2 Å². The minimum atomic E-state index is -1.76. The number of nitrogens with two attached hydrogens (primary N) is 1. The monoisotopic (exact) mass is 620 g/mol. The minimum absolute atomic E-state index is 0.00506. The van der Waals surface area contributed by atoms with E-state index in [4.69, 9.17) is 10.8 Å². The SMILES string of the molecule is CNC(=O)NC(N)=NCCCC(NC(=O)C(C)NC(C)=O)C(=O)N(C)C(Cc1ccccc1)C(=O)NC(CC(=O)O)C(=O)O. The number of rotatable bonds is 16. The van der Waals surface area contributed by atoms with Crippen LogP contribution < -0.4 is 32.3 Å². The van der Waals surface area contributed by atoms with Crippen LogP contribution >= 0.6 is 0 Å². The summed E-state index contributed by atoms with van der Waals surface area (Å²) >= 11 is 0. The first-order chi connectivity index (χ1) is 20.7. The number of aliphatic carboxylic acids is 2. The van der Waals surface area contributed by atoms with Gasteiger partial charge < -0.3 is 42.1 Å². The van der Waals surface area contributed by atoms with Gasteiger partial charge in [0.05, 0.1) is 6.42 Å². The van der Waals surface area contributed by atoms with E-state index in [2.05, 4.69) is 31.6 Å². The average molecular weight is 621 g/mol. The number of guanidine groups is 1. The van der Waals surface area contributed by atoms with Gasteiger partial charge in [-0.25, -0.2) is 9.59 Å². The Kier molecular flexibility index (Phi) is 15.3. The first-order valence-corrected chi connectivity index (χ1v) is 13.6. The van der Waals surface area contributed by atoms with Crippen LogP contribution in [0.5, 0.6) is 0 Å². The number of carbonyl (C=O) groups is 7. The van der Waals surface area contributed by atoms with Gasteiger partial charge in [-0.3, -0.25) is 34.3 Å². The maximum Gasteiger partial charge on any atom is 0.326 e. The van der Waals surface area contributed by atoms with Gasteiger partial charge in [-0.2, -0.15) is 0 Å². The third kappa shape index (κ3) is 13.2. The fourth-order valence-electron chi connectivity index (χ4n) is 3.92. The van der Waals surface area contributed by atoms with E-state index < -0.39 is 72.2 Å². The van der Waals surface area contributed by atoms with Crippen molar-refractivity contribution in [3.05, 3.63) is 35.9 Å². The zero-order valence-electron chi connectivity index (χ0n) is 25.0. The molecule has 0 radical (unpaired) electrons. The van der Waals surface area contributed by atoms with Crippen molar-refractivity contribution in [1.29, 1.82) is 0 Å². The fraction of sp³-hybridized carbons (Fsp3) is 0.481. The van der Waals surface area contributed by atoms with Crippen molar-refractivity contribution in [2.45, 2.75) is 63.7 Å². The molecule has 1 aromatic carbocycles. The van der Waals surface area contributed by atoms with Gasteiger partial charge in [0.2, 0.25) is 23.6 Å². The van der Waals surface area contributed by atoms with Gasteiger partial charge in [-0.15, -0.1) is 0 Å². The van der Waals surface area contributed by atoms with Crippen LogP contribution in [0.4, 0.5) is 4.79 Å². The highest BCUT2D eigenvalue weighted by atomic mass is 16.4. The Balaban J connectivity index is 3.30. The topological polar surface area (TPSA) is 262 Å². The normalized spacial score (nSPS) is 13.7. The molecule has 0 aliphatic heterocycles. The Labute approximate surface area is 254 Å². The van der Waals surface area contributed by atoms with E-state index in [1.54, 1.807) is 30.3 Å². The van der Waals surface area contributed by atoms with Gasteiger partial charge in [0.15, 0.2) is 5.96 Å². The summed E-state index contributed by atoms with van der Waals surface area (Å²) in [6, 6.07) is 2.63. The lowest BCUT2D eigenvalue weighted by Crippen LogP contribution is -2.58. The number of carboxylic acids is 2. The molecule has 0 spiro atoms. The predicted octanol–water partition coefficient (Wildman–Crippen LogP) is -1.87. The second-order valence-electron chi connectivity index (χ2n) is 9.75. The molecule has 4 atom stereocenters. The molecule has 44 heavy (non-hydrogen) atoms. The number of benzene rings is 1. The first-order valence-electron chi connectivity index (χ1n) is 13.6. The van der Waals surface area contributed by atoms with Crippen molar-refractivity contribution in [2.24, 2.45) is 10.7 Å². The summed E-state index contributed by atoms with van der Waals surface area (Å²) < 4.78 is 0. The maximum atomic E-state index is 13.8. The quantitative estimate of drug-likeness (QED) is 0.0580. The van der Waals surface area contributed by atoms with E-state index in [1.165, 1.54) is 27.9 Å². The van der Waals surface area contributed by atoms with Crippen molar-refractivity contribution < 1.29 is 43.8 Å². The van der Waals surface area contributed by atoms with Crippen LogP contribution in [0.3, 0.4) is 0 Å². The molecule has 0 aromatic heterocycles. The van der Waals surface area contributed by atoms with Crippen LogP contribution in [0.2, 0.25) is 0 Å². The highest BCUT2D eigenvalue weighted by Gasteiger charge is 2.35. The van der Waals surface area contributed by atoms with Gasteiger partial charge in [0.25, 0.3) is 0 Å². The Hall–Kier alpha value is -5.22. The largest absolute Gasteiger partial charge is 0.481 e. The summed E-state index contributed by atoms with van der Waals surface area (Å²) in [6.45, 7) is 2.68. The first kappa shape index (κ1) is 36.8. The number of urea groups is 1. The zero-order chi connectivity index (χ0) is 33.4. The molecule has 0 heterocycles. The Morgan fingerprint density at radius 3 is 2.11 bits per heavy atom. The number of aliphatic imine (C=N–C) groups is 1. The highest BCUT2D eigenvalue weighted by molar-refractivity contribution is 5.96. The molecule has 1 rings (SSSR count). The average Bonchev–Trinajstić information content (AvgIpc) is 2.95. The van der Waals surface area contributed by atoms with E-state index in [1.807, 2.05) is 0 Å². The fourth-order valence-corrected chi connectivity index (χ4v) is 3.92. The number of nitrogens with zero attached hydrogens (tertiary/aromatic N) is 2. The summed E-state index contributed by atoms with van der Waals surface area (Å²) in [6.07, 6.45) is -0.780. The summed E-state index contributed by atoms with van der Waals surface area (Å²) in [5.41, 5.74) is 6.27. The molecule has 0 saturated carbocycles. The molecule has 0 bridgehead atoms. The molecule has 6 amide bonds. The number of likely N-dealkylation sites (N-methyl/N-ethyl adjacent to an activating group) is 1. The van der Waals surface area contributed by atoms with Gasteiger partial charge in [-0.05, 0) is 25.3 Å². The van der Waals surface area contributed by atoms with Crippen LogP contribution in [0.25, 0.3) is 0 Å². The molecule has 0 aliphatic carbocycles. The summed E-state index contributed by atoms with van der Waals surface area (Å²) in [5, 5.41) is 30.3. The van der Waals surface area contributed by atoms with Crippen LogP contribution in [-0.2, 0) is 35.2 Å². The Bertz CT molecular complexity index is 1220. The smallest absolute Gasteiger partial charge is 0.326 e. The van der Waals surface area contributed by atoms with Crippen molar-refractivity contribution in [3.63, 3.8) is 0 Å². The van der Waals surface area contributed by atoms with Crippen LogP contribution in [0.1, 0.15) is 38.7 Å². The van der Waals surface area contributed by atoms with E-state index in [0.717, 1.165) is 4.90 Å². The maximum absolute atomic E-state index is 13.8. The van der Waals surface area contributed by atoms with Crippen LogP contribution in [0.15, 0.2) is 35.3 Å². The van der Waals surface area contributed by atoms with Crippen LogP contribution in [0, 0.1) is 0 Å².